The lowest BCUT2D eigenvalue weighted by molar-refractivity contribution is 0.431. The van der Waals surface area contributed by atoms with E-state index in [2.05, 4.69) is 14.2 Å². The number of benzene rings is 2. The monoisotopic (exact) mass is 344 g/mol. The molecule has 0 saturated carbocycles. The van der Waals surface area contributed by atoms with E-state index in [0.717, 1.165) is 11.1 Å². The van der Waals surface area contributed by atoms with Gasteiger partial charge in [-0.2, -0.15) is 13.4 Å². The van der Waals surface area contributed by atoms with E-state index in [0.29, 0.717) is 11.3 Å². The maximum Gasteiger partial charge on any atom is 0.490 e. The highest BCUT2D eigenvalue weighted by atomic mass is 32.3. The van der Waals surface area contributed by atoms with Crippen molar-refractivity contribution in [3.63, 3.8) is 0 Å². The lowest BCUT2D eigenvalue weighted by atomic mass is 10.0. The summed E-state index contributed by atoms with van der Waals surface area (Å²) in [4.78, 5) is 8.17. The molecular formula is C17H13FN2O3S. The Morgan fingerprint density at radius 1 is 0.875 bits per heavy atom. The van der Waals surface area contributed by atoms with Crippen LogP contribution in [0.3, 0.4) is 0 Å². The number of aryl methyl sites for hydroxylation is 1. The largest absolute Gasteiger partial charge is 0.490 e. The molecule has 0 atom stereocenters. The quantitative estimate of drug-likeness (QED) is 0.675. The molecule has 0 aliphatic rings. The van der Waals surface area contributed by atoms with Gasteiger partial charge in [-0.15, -0.1) is 0 Å². The third-order valence-corrected chi connectivity index (χ3v) is 3.64. The first-order valence-corrected chi connectivity index (χ1v) is 8.37. The van der Waals surface area contributed by atoms with Gasteiger partial charge in [-0.25, -0.2) is 4.98 Å². The van der Waals surface area contributed by atoms with Crippen molar-refractivity contribution in [2.45, 2.75) is 6.92 Å². The third-order valence-electron chi connectivity index (χ3n) is 3.27. The second kappa shape index (κ2) is 6.37. The van der Waals surface area contributed by atoms with E-state index in [1.165, 1.54) is 6.07 Å². The normalized spacial score (nSPS) is 11.2. The summed E-state index contributed by atoms with van der Waals surface area (Å²) in [5.41, 5.74) is 3.22. The van der Waals surface area contributed by atoms with Gasteiger partial charge in [0.15, 0.2) is 5.82 Å². The van der Waals surface area contributed by atoms with Crippen molar-refractivity contribution < 1.29 is 16.5 Å². The molecule has 0 N–H and O–H groups in total. The first kappa shape index (κ1) is 16.1. The second-order valence-electron chi connectivity index (χ2n) is 5.09. The highest BCUT2D eigenvalue weighted by molar-refractivity contribution is 7.81. The van der Waals surface area contributed by atoms with Crippen LogP contribution in [0.25, 0.3) is 22.5 Å². The Hall–Kier alpha value is -2.80. The number of halogens is 1. The van der Waals surface area contributed by atoms with Crippen molar-refractivity contribution in [1.29, 1.82) is 0 Å². The fourth-order valence-electron chi connectivity index (χ4n) is 2.26. The van der Waals surface area contributed by atoms with Crippen molar-refractivity contribution in [3.05, 3.63) is 66.4 Å². The molecule has 2 aromatic carbocycles. The summed E-state index contributed by atoms with van der Waals surface area (Å²) in [6.07, 6.45) is 0. The van der Waals surface area contributed by atoms with Crippen LogP contribution in [0.4, 0.5) is 3.89 Å². The van der Waals surface area contributed by atoms with Gasteiger partial charge < -0.3 is 4.18 Å². The Morgan fingerprint density at radius 2 is 1.46 bits per heavy atom. The van der Waals surface area contributed by atoms with Crippen LogP contribution < -0.4 is 4.18 Å². The van der Waals surface area contributed by atoms with Gasteiger partial charge in [0.25, 0.3) is 0 Å². The van der Waals surface area contributed by atoms with Crippen LogP contribution in [0.2, 0.25) is 0 Å². The van der Waals surface area contributed by atoms with Crippen LogP contribution >= 0.6 is 0 Å². The van der Waals surface area contributed by atoms with E-state index < -0.39 is 10.5 Å². The third kappa shape index (κ3) is 3.94. The summed E-state index contributed by atoms with van der Waals surface area (Å²) < 4.78 is 38.1. The van der Waals surface area contributed by atoms with Crippen molar-refractivity contribution >= 4 is 10.5 Å². The van der Waals surface area contributed by atoms with Gasteiger partial charge in [-0.3, -0.25) is 0 Å². The zero-order valence-electron chi connectivity index (χ0n) is 12.7. The number of hydrogen-bond acceptors (Lipinski definition) is 5. The molecule has 24 heavy (non-hydrogen) atoms. The summed E-state index contributed by atoms with van der Waals surface area (Å²) in [5.74, 6) is -0.0969. The molecule has 5 nitrogen and oxygen atoms in total. The van der Waals surface area contributed by atoms with Gasteiger partial charge in [-0.05, 0) is 18.1 Å². The molecule has 0 saturated heterocycles. The van der Waals surface area contributed by atoms with E-state index in [4.69, 9.17) is 0 Å². The lowest BCUT2D eigenvalue weighted by Gasteiger charge is -2.06. The van der Waals surface area contributed by atoms with E-state index in [1.54, 1.807) is 6.92 Å². The number of rotatable bonds is 4. The molecule has 1 aromatic heterocycles. The Bertz CT molecular complexity index is 959. The van der Waals surface area contributed by atoms with Gasteiger partial charge in [-0.1, -0.05) is 58.5 Å². The van der Waals surface area contributed by atoms with Gasteiger partial charge in [0.1, 0.15) is 0 Å². The fraction of sp³-hybridized carbons (Fsp3) is 0.0588. The molecule has 1 heterocycles. The average molecular weight is 344 g/mol. The molecule has 0 fully saturated rings. The zero-order chi connectivity index (χ0) is 17.2. The van der Waals surface area contributed by atoms with E-state index in [-0.39, 0.29) is 11.7 Å². The molecule has 3 aromatic rings. The molecule has 0 bridgehead atoms. The van der Waals surface area contributed by atoms with Crippen LogP contribution in [-0.4, -0.2) is 18.4 Å². The molecule has 3 rings (SSSR count). The summed E-state index contributed by atoms with van der Waals surface area (Å²) >= 11 is 0. The van der Waals surface area contributed by atoms with Crippen molar-refractivity contribution in [2.75, 3.05) is 0 Å². The molecule has 0 radical (unpaired) electrons. The highest BCUT2D eigenvalue weighted by Crippen LogP contribution is 2.24. The lowest BCUT2D eigenvalue weighted by Crippen LogP contribution is -2.04. The fourth-order valence-corrected chi connectivity index (χ4v) is 2.55. The van der Waals surface area contributed by atoms with Crippen LogP contribution in [0.5, 0.6) is 5.88 Å². The number of hydrogen-bond donors (Lipinski definition) is 0. The molecule has 0 unspecified atom stereocenters. The summed E-state index contributed by atoms with van der Waals surface area (Å²) in [6, 6.07) is 18.5. The molecule has 7 heteroatoms. The summed E-state index contributed by atoms with van der Waals surface area (Å²) in [5, 5.41) is 0. The molecule has 0 aliphatic carbocycles. The standard InChI is InChI=1S/C17H13FN2O3S/c1-12-11-16(23-24(18,21)22)20-17(19-12)15-9-7-14(8-10-15)13-5-3-2-4-6-13/h2-11H,1H3. The smallest absolute Gasteiger partial charge is 0.337 e. The first-order chi connectivity index (χ1) is 11.4. The second-order valence-corrected chi connectivity index (χ2v) is 6.04. The van der Waals surface area contributed by atoms with Gasteiger partial charge in [0.05, 0.1) is 0 Å². The highest BCUT2D eigenvalue weighted by Gasteiger charge is 2.13. The first-order valence-electron chi connectivity index (χ1n) is 7.06. The minimum absolute atomic E-state index is 0.258. The van der Waals surface area contributed by atoms with E-state index in [1.807, 2.05) is 54.6 Å². The Morgan fingerprint density at radius 3 is 2.08 bits per heavy atom. The van der Waals surface area contributed by atoms with Crippen molar-refractivity contribution in [3.8, 4) is 28.4 Å². The van der Waals surface area contributed by atoms with Gasteiger partial charge in [0.2, 0.25) is 5.88 Å². The molecular weight excluding hydrogens is 331 g/mol. The topological polar surface area (TPSA) is 69.2 Å². The van der Waals surface area contributed by atoms with Gasteiger partial charge in [0, 0.05) is 17.3 Å². The maximum atomic E-state index is 12.7. The molecule has 122 valence electrons. The van der Waals surface area contributed by atoms with Crippen LogP contribution in [0.1, 0.15) is 5.69 Å². The Balaban J connectivity index is 1.94. The average Bonchev–Trinajstić information content (AvgIpc) is 2.54. The molecule has 0 amide bonds. The number of aromatic nitrogens is 2. The zero-order valence-corrected chi connectivity index (χ0v) is 13.5. The van der Waals surface area contributed by atoms with Crippen LogP contribution in [0, 0.1) is 6.92 Å². The summed E-state index contributed by atoms with van der Waals surface area (Å²) in [7, 11) is -5.13. The Labute approximate surface area is 139 Å². The van der Waals surface area contributed by atoms with Crippen molar-refractivity contribution in [1.82, 2.24) is 9.97 Å². The van der Waals surface area contributed by atoms with Crippen LogP contribution in [-0.2, 0) is 10.5 Å². The summed E-state index contributed by atoms with van der Waals surface area (Å²) in [6.45, 7) is 1.64. The minimum atomic E-state index is -5.13. The number of nitrogens with zero attached hydrogens (tertiary/aromatic N) is 2. The maximum absolute atomic E-state index is 12.7. The van der Waals surface area contributed by atoms with E-state index >= 15 is 0 Å². The molecule has 0 spiro atoms. The van der Waals surface area contributed by atoms with Gasteiger partial charge >= 0.3 is 10.5 Å². The Kier molecular flexibility index (Phi) is 4.26. The minimum Gasteiger partial charge on any atom is -0.337 e. The molecule has 0 aliphatic heterocycles. The SMILES string of the molecule is Cc1cc(OS(=O)(=O)F)nc(-c2ccc(-c3ccccc3)cc2)n1. The van der Waals surface area contributed by atoms with Crippen molar-refractivity contribution in [2.24, 2.45) is 0 Å². The van der Waals surface area contributed by atoms with E-state index in [9.17, 15) is 12.3 Å². The van der Waals surface area contributed by atoms with Crippen LogP contribution in [0.15, 0.2) is 60.7 Å². The predicted molar refractivity (Wildman–Crippen MR) is 88.3 cm³/mol. The predicted octanol–water partition coefficient (Wildman–Crippen LogP) is 3.71.